The van der Waals surface area contributed by atoms with Crippen molar-refractivity contribution in [1.29, 1.82) is 0 Å². The minimum absolute atomic E-state index is 0.127. The largest absolute Gasteiger partial charge is 0.503 e. The minimum atomic E-state index is -5.80. The van der Waals surface area contributed by atoms with Gasteiger partial charge in [0.1, 0.15) is 0 Å². The molecule has 0 spiro atoms. The zero-order valence-electron chi connectivity index (χ0n) is 14.9. The first-order valence-electron chi connectivity index (χ1n) is 7.91. The number of sulfone groups is 1. The number of hydrogen-bond donors (Lipinski definition) is 2. The Balaban J connectivity index is 2.15. The number of halogens is 3. The Morgan fingerprint density at radius 2 is 1.62 bits per heavy atom. The van der Waals surface area contributed by atoms with Crippen molar-refractivity contribution in [3.8, 4) is 0 Å². The van der Waals surface area contributed by atoms with Crippen molar-refractivity contribution in [3.63, 3.8) is 0 Å². The molecular formula is C16H16F3N3O5S2. The number of amides is 1. The van der Waals surface area contributed by atoms with Crippen LogP contribution in [0.3, 0.4) is 0 Å². The van der Waals surface area contributed by atoms with Gasteiger partial charge in [0.25, 0.3) is 15.7 Å². The van der Waals surface area contributed by atoms with Gasteiger partial charge in [-0.15, -0.1) is 0 Å². The van der Waals surface area contributed by atoms with Crippen LogP contribution in [-0.2, 0) is 32.2 Å². The normalized spacial score (nSPS) is 12.6. The van der Waals surface area contributed by atoms with Gasteiger partial charge in [-0.2, -0.15) is 13.2 Å². The Morgan fingerprint density at radius 1 is 1.03 bits per heavy atom. The van der Waals surface area contributed by atoms with Gasteiger partial charge in [0.15, 0.2) is 5.03 Å². The molecule has 158 valence electrons. The van der Waals surface area contributed by atoms with Crippen LogP contribution in [0, 0.1) is 0 Å². The van der Waals surface area contributed by atoms with Crippen molar-refractivity contribution in [2.24, 2.45) is 0 Å². The highest BCUT2D eigenvalue weighted by molar-refractivity contribution is 7.92. The monoisotopic (exact) mass is 451 g/mol. The number of pyridine rings is 1. The van der Waals surface area contributed by atoms with E-state index >= 15 is 0 Å². The molecule has 1 heterocycles. The zero-order chi connectivity index (χ0) is 21.9. The molecule has 0 saturated heterocycles. The van der Waals surface area contributed by atoms with E-state index in [1.54, 1.807) is 0 Å². The van der Waals surface area contributed by atoms with Crippen LogP contribution < -0.4 is 10.0 Å². The van der Waals surface area contributed by atoms with Crippen molar-refractivity contribution in [1.82, 2.24) is 15.0 Å². The number of alkyl halides is 3. The van der Waals surface area contributed by atoms with E-state index in [2.05, 4.69) is 15.0 Å². The molecule has 0 aliphatic rings. The summed E-state index contributed by atoms with van der Waals surface area (Å²) in [7, 11) is -7.97. The predicted molar refractivity (Wildman–Crippen MR) is 96.8 cm³/mol. The van der Waals surface area contributed by atoms with Crippen LogP contribution in [-0.4, -0.2) is 40.3 Å². The molecule has 0 bridgehead atoms. The van der Waals surface area contributed by atoms with E-state index in [4.69, 9.17) is 0 Å². The van der Waals surface area contributed by atoms with Crippen LogP contribution in [0.1, 0.15) is 21.5 Å². The van der Waals surface area contributed by atoms with Gasteiger partial charge in [-0.05, 0) is 30.3 Å². The molecule has 0 fully saturated rings. The molecule has 0 saturated carbocycles. The molecule has 2 rings (SSSR count). The molecular weight excluding hydrogens is 435 g/mol. The minimum Gasteiger partial charge on any atom is -0.348 e. The summed E-state index contributed by atoms with van der Waals surface area (Å²) in [6.07, 6.45) is 0.841. The van der Waals surface area contributed by atoms with Gasteiger partial charge < -0.3 is 5.32 Å². The SMILES string of the molecule is CNS(=O)(=O)Cc1ccc(CNC(=O)c2cccnc2S(=O)(=O)C(F)(F)F)cc1. The maximum atomic E-state index is 12.8. The summed E-state index contributed by atoms with van der Waals surface area (Å²) in [4.78, 5) is 15.5. The standard InChI is InChI=1S/C16H16F3N3O5S2/c1-20-28(24,25)10-12-6-4-11(5-7-12)9-22-14(23)13-3-2-8-21-15(13)29(26,27)16(17,18)19/h2-8,20H,9-10H2,1H3,(H,22,23). The van der Waals surface area contributed by atoms with Gasteiger partial charge >= 0.3 is 5.51 Å². The Labute approximate surface area is 165 Å². The molecule has 1 aromatic heterocycles. The maximum Gasteiger partial charge on any atom is 0.503 e. The molecule has 29 heavy (non-hydrogen) atoms. The van der Waals surface area contributed by atoms with E-state index in [0.29, 0.717) is 11.1 Å². The van der Waals surface area contributed by atoms with Gasteiger partial charge in [-0.25, -0.2) is 26.5 Å². The van der Waals surface area contributed by atoms with Crippen molar-refractivity contribution in [3.05, 3.63) is 59.3 Å². The molecule has 2 N–H and O–H groups in total. The summed E-state index contributed by atoms with van der Waals surface area (Å²) in [6.45, 7) is -0.127. The molecule has 0 radical (unpaired) electrons. The third-order valence-corrected chi connectivity index (χ3v) is 6.50. The second-order valence-electron chi connectivity index (χ2n) is 5.77. The van der Waals surface area contributed by atoms with Crippen molar-refractivity contribution in [2.75, 3.05) is 7.05 Å². The van der Waals surface area contributed by atoms with E-state index in [0.717, 1.165) is 18.3 Å². The second kappa shape index (κ2) is 8.47. The van der Waals surface area contributed by atoms with Gasteiger partial charge in [0.05, 0.1) is 11.3 Å². The fourth-order valence-electron chi connectivity index (χ4n) is 2.21. The molecule has 8 nitrogen and oxygen atoms in total. The number of sulfonamides is 1. The van der Waals surface area contributed by atoms with Gasteiger partial charge in [-0.3, -0.25) is 4.79 Å². The maximum absolute atomic E-state index is 12.8. The zero-order valence-corrected chi connectivity index (χ0v) is 16.5. The van der Waals surface area contributed by atoms with E-state index in [-0.39, 0.29) is 12.3 Å². The van der Waals surface area contributed by atoms with Crippen LogP contribution in [0.2, 0.25) is 0 Å². The first kappa shape index (κ1) is 22.8. The van der Waals surface area contributed by atoms with Crippen molar-refractivity contribution in [2.45, 2.75) is 22.8 Å². The summed E-state index contributed by atoms with van der Waals surface area (Å²) in [6, 6.07) is 8.14. The van der Waals surface area contributed by atoms with Crippen LogP contribution in [0.5, 0.6) is 0 Å². The van der Waals surface area contributed by atoms with Crippen LogP contribution in [0.25, 0.3) is 0 Å². The van der Waals surface area contributed by atoms with Crippen LogP contribution in [0.4, 0.5) is 13.2 Å². The number of nitrogens with zero attached hydrogens (tertiary/aromatic N) is 1. The summed E-state index contributed by atoms with van der Waals surface area (Å²) in [5.41, 5.74) is -5.32. The molecule has 13 heteroatoms. The van der Waals surface area contributed by atoms with Crippen LogP contribution in [0.15, 0.2) is 47.6 Å². The van der Waals surface area contributed by atoms with Crippen LogP contribution >= 0.6 is 0 Å². The quantitative estimate of drug-likeness (QED) is 0.655. The van der Waals surface area contributed by atoms with Gasteiger partial charge in [0, 0.05) is 12.7 Å². The lowest BCUT2D eigenvalue weighted by Gasteiger charge is -2.12. The number of aromatic nitrogens is 1. The van der Waals surface area contributed by atoms with E-state index in [1.165, 1.54) is 31.3 Å². The van der Waals surface area contributed by atoms with E-state index in [1.807, 2.05) is 0 Å². The second-order valence-corrected chi connectivity index (χ2v) is 9.55. The highest BCUT2D eigenvalue weighted by atomic mass is 32.2. The molecule has 0 atom stereocenters. The lowest BCUT2D eigenvalue weighted by Crippen LogP contribution is -2.30. The molecule has 0 unspecified atom stereocenters. The molecule has 0 aliphatic heterocycles. The Morgan fingerprint density at radius 3 is 2.17 bits per heavy atom. The Hall–Kier alpha value is -2.51. The first-order chi connectivity index (χ1) is 13.4. The number of carbonyl (C=O) groups is 1. The Bertz CT molecular complexity index is 1100. The number of benzene rings is 1. The predicted octanol–water partition coefficient (Wildman–Crippen LogP) is 1.35. The Kier molecular flexibility index (Phi) is 6.65. The number of nitrogens with one attached hydrogen (secondary N) is 2. The number of hydrogen-bond acceptors (Lipinski definition) is 6. The lowest BCUT2D eigenvalue weighted by atomic mass is 10.1. The fraction of sp³-hybridized carbons (Fsp3) is 0.250. The summed E-state index contributed by atoms with van der Waals surface area (Å²) >= 11 is 0. The van der Waals surface area contributed by atoms with Gasteiger partial charge in [0.2, 0.25) is 10.0 Å². The summed E-state index contributed by atoms with van der Waals surface area (Å²) < 4.78 is 86.8. The molecule has 2 aromatic rings. The third-order valence-electron chi connectivity index (χ3n) is 3.72. The smallest absolute Gasteiger partial charge is 0.348 e. The average Bonchev–Trinajstić information content (AvgIpc) is 2.66. The van der Waals surface area contributed by atoms with E-state index < -0.39 is 41.9 Å². The highest BCUT2D eigenvalue weighted by Crippen LogP contribution is 2.30. The molecule has 1 amide bonds. The topological polar surface area (TPSA) is 122 Å². The average molecular weight is 451 g/mol. The molecule has 0 aliphatic carbocycles. The fourth-order valence-corrected chi connectivity index (χ4v) is 3.85. The number of carbonyl (C=O) groups excluding carboxylic acids is 1. The molecule has 1 aromatic carbocycles. The lowest BCUT2D eigenvalue weighted by molar-refractivity contribution is -0.0438. The summed E-state index contributed by atoms with van der Waals surface area (Å²) in [5, 5.41) is 0.940. The summed E-state index contributed by atoms with van der Waals surface area (Å²) in [5.74, 6) is -1.30. The van der Waals surface area contributed by atoms with Crippen molar-refractivity contribution >= 4 is 25.8 Å². The number of rotatable bonds is 7. The highest BCUT2D eigenvalue weighted by Gasteiger charge is 2.49. The van der Waals surface area contributed by atoms with Crippen molar-refractivity contribution < 1.29 is 34.8 Å². The van der Waals surface area contributed by atoms with E-state index in [9.17, 15) is 34.8 Å². The third kappa shape index (κ3) is 5.52. The van der Waals surface area contributed by atoms with Gasteiger partial charge in [-0.1, -0.05) is 24.3 Å². The first-order valence-corrected chi connectivity index (χ1v) is 11.0.